The molecule has 3 aromatic rings. The zero-order valence-corrected chi connectivity index (χ0v) is 8.77. The molecule has 0 amide bonds. The molecule has 0 fully saturated rings. The lowest BCUT2D eigenvalue weighted by atomic mass is 10.3. The van der Waals surface area contributed by atoms with E-state index in [0.717, 1.165) is 23.3 Å². The number of fused-ring (bicyclic) bond motifs is 3. The monoisotopic (exact) mass is 214 g/mol. The average molecular weight is 214 g/mol. The third-order valence-electron chi connectivity index (χ3n) is 2.67. The van der Waals surface area contributed by atoms with Gasteiger partial charge in [-0.25, -0.2) is 4.98 Å². The summed E-state index contributed by atoms with van der Waals surface area (Å²) in [5.74, 6) is 0.874. The second kappa shape index (κ2) is 3.16. The molecule has 3 heterocycles. The maximum atomic E-state index is 11.8. The molecule has 80 valence electrons. The molecule has 0 radical (unpaired) electrons. The Hall–Kier alpha value is -2.17. The van der Waals surface area contributed by atoms with Gasteiger partial charge in [-0.1, -0.05) is 6.92 Å². The van der Waals surface area contributed by atoms with E-state index in [1.807, 2.05) is 11.3 Å². The van der Waals surface area contributed by atoms with Crippen LogP contribution in [0.4, 0.5) is 0 Å². The molecule has 5 heteroatoms. The Morgan fingerprint density at radius 3 is 3.06 bits per heavy atom. The second-order valence-electron chi connectivity index (χ2n) is 3.60. The van der Waals surface area contributed by atoms with Crippen molar-refractivity contribution in [3.63, 3.8) is 0 Å². The van der Waals surface area contributed by atoms with Crippen LogP contribution in [0.25, 0.3) is 16.6 Å². The third-order valence-corrected chi connectivity index (χ3v) is 2.67. The van der Waals surface area contributed by atoms with Crippen LogP contribution in [-0.2, 0) is 6.42 Å². The SMILES string of the molecule is CCc1ncc2c(=O)[nH]c3ccncc3n12. The molecule has 0 aromatic carbocycles. The van der Waals surface area contributed by atoms with E-state index >= 15 is 0 Å². The molecule has 0 unspecified atom stereocenters. The van der Waals surface area contributed by atoms with Crippen molar-refractivity contribution in [1.82, 2.24) is 19.4 Å². The van der Waals surface area contributed by atoms with Crippen LogP contribution in [0.3, 0.4) is 0 Å². The number of imidazole rings is 1. The van der Waals surface area contributed by atoms with Crippen LogP contribution in [0.1, 0.15) is 12.7 Å². The molecular formula is C11H10N4O. The zero-order chi connectivity index (χ0) is 11.1. The molecule has 0 saturated carbocycles. The van der Waals surface area contributed by atoms with Crippen molar-refractivity contribution in [1.29, 1.82) is 0 Å². The lowest BCUT2D eigenvalue weighted by Gasteiger charge is -2.03. The summed E-state index contributed by atoms with van der Waals surface area (Å²) in [7, 11) is 0. The quantitative estimate of drug-likeness (QED) is 0.660. The topological polar surface area (TPSA) is 63.0 Å². The van der Waals surface area contributed by atoms with Crippen molar-refractivity contribution in [2.24, 2.45) is 0 Å². The van der Waals surface area contributed by atoms with Gasteiger partial charge in [-0.05, 0) is 6.07 Å². The van der Waals surface area contributed by atoms with Crippen LogP contribution < -0.4 is 5.56 Å². The van der Waals surface area contributed by atoms with Gasteiger partial charge in [0.1, 0.15) is 11.3 Å². The van der Waals surface area contributed by atoms with Crippen LogP contribution in [0.5, 0.6) is 0 Å². The Morgan fingerprint density at radius 2 is 2.25 bits per heavy atom. The van der Waals surface area contributed by atoms with E-state index in [4.69, 9.17) is 0 Å². The minimum Gasteiger partial charge on any atom is -0.319 e. The van der Waals surface area contributed by atoms with Crippen molar-refractivity contribution in [3.8, 4) is 0 Å². The van der Waals surface area contributed by atoms with E-state index in [-0.39, 0.29) is 5.56 Å². The highest BCUT2D eigenvalue weighted by Gasteiger charge is 2.08. The molecule has 3 aromatic heterocycles. The van der Waals surface area contributed by atoms with Crippen molar-refractivity contribution in [2.45, 2.75) is 13.3 Å². The minimum absolute atomic E-state index is 0.120. The van der Waals surface area contributed by atoms with Crippen LogP contribution in [0, 0.1) is 0 Å². The molecule has 0 atom stereocenters. The fourth-order valence-electron chi connectivity index (χ4n) is 1.92. The molecule has 3 rings (SSSR count). The molecule has 16 heavy (non-hydrogen) atoms. The van der Waals surface area contributed by atoms with Crippen LogP contribution >= 0.6 is 0 Å². The number of rotatable bonds is 1. The number of nitrogens with zero attached hydrogens (tertiary/aromatic N) is 3. The fourth-order valence-corrected chi connectivity index (χ4v) is 1.92. The van der Waals surface area contributed by atoms with Crippen LogP contribution in [0.15, 0.2) is 29.5 Å². The number of H-pyrrole nitrogens is 1. The van der Waals surface area contributed by atoms with E-state index in [1.54, 1.807) is 24.7 Å². The van der Waals surface area contributed by atoms with Gasteiger partial charge in [-0.2, -0.15) is 0 Å². The summed E-state index contributed by atoms with van der Waals surface area (Å²) in [4.78, 5) is 22.9. The van der Waals surface area contributed by atoms with E-state index in [0.29, 0.717) is 5.52 Å². The highest BCUT2D eigenvalue weighted by Crippen LogP contribution is 2.12. The molecule has 0 aliphatic rings. The number of aromatic amines is 1. The van der Waals surface area contributed by atoms with E-state index in [2.05, 4.69) is 15.0 Å². The van der Waals surface area contributed by atoms with E-state index in [1.165, 1.54) is 0 Å². The maximum absolute atomic E-state index is 11.8. The summed E-state index contributed by atoms with van der Waals surface area (Å²) in [6.45, 7) is 2.01. The third kappa shape index (κ3) is 1.08. The molecule has 0 aliphatic heterocycles. The van der Waals surface area contributed by atoms with E-state index < -0.39 is 0 Å². The van der Waals surface area contributed by atoms with E-state index in [9.17, 15) is 4.79 Å². The number of aromatic nitrogens is 4. The van der Waals surface area contributed by atoms with Gasteiger partial charge < -0.3 is 4.98 Å². The summed E-state index contributed by atoms with van der Waals surface area (Å²) >= 11 is 0. The summed E-state index contributed by atoms with van der Waals surface area (Å²) in [6, 6.07) is 1.79. The van der Waals surface area contributed by atoms with Gasteiger partial charge in [0.25, 0.3) is 5.56 Å². The average Bonchev–Trinajstić information content (AvgIpc) is 2.74. The first-order valence-electron chi connectivity index (χ1n) is 5.13. The minimum atomic E-state index is -0.120. The first-order chi connectivity index (χ1) is 7.81. The lowest BCUT2D eigenvalue weighted by Crippen LogP contribution is -2.11. The number of hydrogen-bond acceptors (Lipinski definition) is 3. The van der Waals surface area contributed by atoms with Gasteiger partial charge in [0.2, 0.25) is 0 Å². The Morgan fingerprint density at radius 1 is 1.38 bits per heavy atom. The summed E-state index contributed by atoms with van der Waals surface area (Å²) < 4.78 is 1.86. The predicted molar refractivity (Wildman–Crippen MR) is 60.5 cm³/mol. The predicted octanol–water partition coefficient (Wildman–Crippen LogP) is 1.13. The Bertz CT molecular complexity index is 726. The normalized spacial score (nSPS) is 11.3. The summed E-state index contributed by atoms with van der Waals surface area (Å²) in [6.07, 6.45) is 5.78. The fraction of sp³-hybridized carbons (Fsp3) is 0.182. The Balaban J connectivity index is 2.65. The largest absolute Gasteiger partial charge is 0.319 e. The van der Waals surface area contributed by atoms with Crippen molar-refractivity contribution >= 4 is 16.6 Å². The maximum Gasteiger partial charge on any atom is 0.274 e. The highest BCUT2D eigenvalue weighted by atomic mass is 16.1. The molecule has 1 N–H and O–H groups in total. The van der Waals surface area contributed by atoms with Gasteiger partial charge >= 0.3 is 0 Å². The number of pyridine rings is 1. The van der Waals surface area contributed by atoms with Gasteiger partial charge in [0, 0.05) is 12.6 Å². The summed E-state index contributed by atoms with van der Waals surface area (Å²) in [5, 5.41) is 0. The zero-order valence-electron chi connectivity index (χ0n) is 8.77. The van der Waals surface area contributed by atoms with Crippen LogP contribution in [-0.4, -0.2) is 19.4 Å². The Kier molecular flexibility index (Phi) is 1.80. The number of aryl methyl sites for hydroxylation is 1. The van der Waals surface area contributed by atoms with Gasteiger partial charge in [-0.15, -0.1) is 0 Å². The van der Waals surface area contributed by atoms with Crippen molar-refractivity contribution in [2.75, 3.05) is 0 Å². The molecule has 0 spiro atoms. The summed E-state index contributed by atoms with van der Waals surface area (Å²) in [5.41, 5.74) is 2.11. The van der Waals surface area contributed by atoms with Gasteiger partial charge in [0.15, 0.2) is 0 Å². The Labute approximate surface area is 90.8 Å². The van der Waals surface area contributed by atoms with Crippen molar-refractivity contribution in [3.05, 3.63) is 40.8 Å². The van der Waals surface area contributed by atoms with Gasteiger partial charge in [0.05, 0.1) is 23.4 Å². The van der Waals surface area contributed by atoms with Crippen molar-refractivity contribution < 1.29 is 0 Å². The van der Waals surface area contributed by atoms with Gasteiger partial charge in [-0.3, -0.25) is 14.2 Å². The lowest BCUT2D eigenvalue weighted by molar-refractivity contribution is 0.946. The second-order valence-corrected chi connectivity index (χ2v) is 3.60. The molecule has 0 aliphatic carbocycles. The number of nitrogens with one attached hydrogen (secondary N) is 1. The number of hydrogen-bond donors (Lipinski definition) is 1. The first kappa shape index (κ1) is 9.08. The smallest absolute Gasteiger partial charge is 0.274 e. The van der Waals surface area contributed by atoms with Crippen LogP contribution in [0.2, 0.25) is 0 Å². The molecule has 0 bridgehead atoms. The molecule has 5 nitrogen and oxygen atoms in total. The highest BCUT2D eigenvalue weighted by molar-refractivity contribution is 5.77. The standard InChI is InChI=1S/C11H10N4O/c1-2-10-13-6-9-11(16)14-7-3-4-12-5-8(7)15(9)10/h3-6H,2H2,1H3,(H,14,16). The molecular weight excluding hydrogens is 204 g/mol. The first-order valence-corrected chi connectivity index (χ1v) is 5.13. The molecule has 0 saturated heterocycles.